The largest absolute Gasteiger partial charge is 0.480 e. The topological polar surface area (TPSA) is 155 Å². The van der Waals surface area contributed by atoms with E-state index in [1.165, 1.54) is 6.07 Å². The molecule has 0 radical (unpaired) electrons. The van der Waals surface area contributed by atoms with Crippen molar-refractivity contribution in [3.63, 3.8) is 0 Å². The number of carboxylic acids is 1. The minimum atomic E-state index is -1.07. The number of amides is 2. The highest BCUT2D eigenvalue weighted by Gasteiger charge is 2.35. The molecule has 0 spiro atoms. The number of carbonyl (C=O) groups is 4. The molecule has 2 aromatic carbocycles. The molecule has 1 fully saturated rings. The lowest BCUT2D eigenvalue weighted by Gasteiger charge is -2.26. The molecule has 2 aromatic rings. The van der Waals surface area contributed by atoms with Gasteiger partial charge in [-0.1, -0.05) is 60.7 Å². The summed E-state index contributed by atoms with van der Waals surface area (Å²) in [5.74, 6) is -1.53. The number of cyclic esters (lactones) is 1. The van der Waals surface area contributed by atoms with E-state index in [-0.39, 0.29) is 26.2 Å². The second kappa shape index (κ2) is 13.7. The highest BCUT2D eigenvalue weighted by molar-refractivity contribution is 5.77. The van der Waals surface area contributed by atoms with E-state index in [0.29, 0.717) is 0 Å². The van der Waals surface area contributed by atoms with Crippen LogP contribution in [0, 0.1) is 11.3 Å². The van der Waals surface area contributed by atoms with Gasteiger partial charge in [0.25, 0.3) is 0 Å². The number of nitrogens with one attached hydrogen (secondary N) is 1. The van der Waals surface area contributed by atoms with E-state index in [4.69, 9.17) is 24.6 Å². The summed E-state index contributed by atoms with van der Waals surface area (Å²) < 4.78 is 15.3. The predicted molar refractivity (Wildman–Crippen MR) is 115 cm³/mol. The molecule has 34 heavy (non-hydrogen) atoms. The molecule has 1 aliphatic rings. The van der Waals surface area contributed by atoms with E-state index in [1.807, 2.05) is 48.5 Å². The molecule has 1 unspecified atom stereocenters. The van der Waals surface area contributed by atoms with E-state index in [1.54, 1.807) is 12.1 Å². The number of rotatable bonds is 6. The quantitative estimate of drug-likeness (QED) is 0.369. The summed E-state index contributed by atoms with van der Waals surface area (Å²) in [6.07, 6.45) is -2.08. The summed E-state index contributed by atoms with van der Waals surface area (Å²) in [5.41, 5.74) is 3.95. The Labute approximate surface area is 195 Å². The molecule has 2 amide bonds. The van der Waals surface area contributed by atoms with Gasteiger partial charge in [-0.25, -0.2) is 20.0 Å². The first-order chi connectivity index (χ1) is 16.4. The van der Waals surface area contributed by atoms with Crippen LogP contribution in [0.15, 0.2) is 60.7 Å². The maximum Gasteiger partial charge on any atom is 0.429 e. The van der Waals surface area contributed by atoms with Crippen LogP contribution in [0.3, 0.4) is 0 Å². The van der Waals surface area contributed by atoms with Gasteiger partial charge < -0.3 is 19.3 Å². The molecule has 3 rings (SSSR count). The summed E-state index contributed by atoms with van der Waals surface area (Å²) in [4.78, 5) is 45.4. The number of carboxylic acid groups (broad SMARTS) is 1. The number of esters is 1. The van der Waals surface area contributed by atoms with Crippen molar-refractivity contribution in [1.29, 1.82) is 5.26 Å². The lowest BCUT2D eigenvalue weighted by molar-refractivity contribution is -0.138. The first kappa shape index (κ1) is 25.7. The van der Waals surface area contributed by atoms with Gasteiger partial charge in [-0.2, -0.15) is 5.26 Å². The number of ether oxygens (including phenoxy) is 3. The van der Waals surface area contributed by atoms with Gasteiger partial charge in [0.2, 0.25) is 0 Å². The zero-order valence-electron chi connectivity index (χ0n) is 18.1. The first-order valence-corrected chi connectivity index (χ1v) is 10.1. The van der Waals surface area contributed by atoms with Crippen LogP contribution in [-0.2, 0) is 37.0 Å². The van der Waals surface area contributed by atoms with Crippen molar-refractivity contribution in [2.24, 2.45) is 0 Å². The Morgan fingerprint density at radius 3 is 2.03 bits per heavy atom. The SMILES string of the molecule is N#CCC(=O)O.O=C1CC(N(NC(=O)OCc2ccccc2)C(=O)OCc2ccccc2)CO1. The van der Waals surface area contributed by atoms with Gasteiger partial charge in [-0.15, -0.1) is 0 Å². The molecule has 0 aliphatic carbocycles. The van der Waals surface area contributed by atoms with Gasteiger partial charge >= 0.3 is 24.1 Å². The van der Waals surface area contributed by atoms with Gasteiger partial charge in [0.1, 0.15) is 32.3 Å². The van der Waals surface area contributed by atoms with Crippen LogP contribution in [0.1, 0.15) is 24.0 Å². The summed E-state index contributed by atoms with van der Waals surface area (Å²) in [7, 11) is 0. The fraction of sp³-hybridized carbons (Fsp3) is 0.261. The molecular weight excluding hydrogens is 446 g/mol. The summed E-state index contributed by atoms with van der Waals surface area (Å²) in [5, 5.41) is 16.2. The Balaban J connectivity index is 0.000000604. The van der Waals surface area contributed by atoms with Gasteiger partial charge in [-0.3, -0.25) is 9.59 Å². The van der Waals surface area contributed by atoms with Crippen LogP contribution in [-0.4, -0.2) is 46.9 Å². The third kappa shape index (κ3) is 9.27. The Hall–Kier alpha value is -4.59. The molecule has 0 aromatic heterocycles. The average Bonchev–Trinajstić information content (AvgIpc) is 3.27. The summed E-state index contributed by atoms with van der Waals surface area (Å²) >= 11 is 0. The standard InChI is InChI=1S/C20H20N2O6.C3H3NO2/c23-18-11-17(14-26-18)22(20(25)28-13-16-9-5-2-6-10-16)21-19(24)27-12-15-7-3-1-4-8-15;4-2-1-3(5)6/h1-10,17H,11-14H2,(H,21,24);1H2,(H,5,6). The van der Waals surface area contributed by atoms with Crippen molar-refractivity contribution in [2.45, 2.75) is 32.1 Å². The van der Waals surface area contributed by atoms with Crippen molar-refractivity contribution in [1.82, 2.24) is 10.4 Å². The van der Waals surface area contributed by atoms with Crippen LogP contribution in [0.4, 0.5) is 9.59 Å². The van der Waals surface area contributed by atoms with Crippen LogP contribution < -0.4 is 5.43 Å². The molecule has 1 heterocycles. The maximum absolute atomic E-state index is 12.5. The zero-order chi connectivity index (χ0) is 24.8. The van der Waals surface area contributed by atoms with Crippen molar-refractivity contribution in [2.75, 3.05) is 6.61 Å². The average molecular weight is 469 g/mol. The van der Waals surface area contributed by atoms with E-state index in [0.717, 1.165) is 16.1 Å². The van der Waals surface area contributed by atoms with Crippen LogP contribution in [0.25, 0.3) is 0 Å². The highest BCUT2D eigenvalue weighted by Crippen LogP contribution is 2.14. The van der Waals surface area contributed by atoms with Crippen molar-refractivity contribution >= 4 is 24.1 Å². The molecule has 11 nitrogen and oxygen atoms in total. The Kier molecular flexibility index (Phi) is 10.4. The lowest BCUT2D eigenvalue weighted by atomic mass is 10.2. The Morgan fingerprint density at radius 1 is 1.03 bits per heavy atom. The fourth-order valence-electron chi connectivity index (χ4n) is 2.66. The van der Waals surface area contributed by atoms with Gasteiger partial charge in [0.15, 0.2) is 0 Å². The number of carbonyl (C=O) groups excluding carboxylic acids is 3. The number of benzene rings is 2. The van der Waals surface area contributed by atoms with E-state index in [9.17, 15) is 19.2 Å². The van der Waals surface area contributed by atoms with Crippen LogP contribution in [0.2, 0.25) is 0 Å². The van der Waals surface area contributed by atoms with Gasteiger partial charge in [0, 0.05) is 0 Å². The van der Waals surface area contributed by atoms with Crippen LogP contribution >= 0.6 is 0 Å². The maximum atomic E-state index is 12.5. The third-order valence-corrected chi connectivity index (χ3v) is 4.26. The van der Waals surface area contributed by atoms with E-state index >= 15 is 0 Å². The number of hydrogen-bond donors (Lipinski definition) is 2. The molecule has 11 heteroatoms. The van der Waals surface area contributed by atoms with E-state index in [2.05, 4.69) is 5.43 Å². The number of hydrazine groups is 1. The molecule has 178 valence electrons. The molecule has 1 aliphatic heterocycles. The summed E-state index contributed by atoms with van der Waals surface area (Å²) in [6.45, 7) is 0.0380. The number of nitriles is 1. The predicted octanol–water partition coefficient (Wildman–Crippen LogP) is 2.77. The monoisotopic (exact) mass is 469 g/mol. The van der Waals surface area contributed by atoms with Crippen molar-refractivity contribution in [3.8, 4) is 6.07 Å². The molecule has 1 atom stereocenters. The Morgan fingerprint density at radius 2 is 1.59 bits per heavy atom. The molecular formula is C23H23N3O8. The smallest absolute Gasteiger partial charge is 0.429 e. The molecule has 2 N–H and O–H groups in total. The number of hydrogen-bond acceptors (Lipinski definition) is 8. The second-order valence-corrected chi connectivity index (χ2v) is 6.85. The minimum absolute atomic E-state index is 0.0262. The molecule has 0 saturated carbocycles. The number of aliphatic carboxylic acids is 1. The second-order valence-electron chi connectivity index (χ2n) is 6.85. The lowest BCUT2D eigenvalue weighted by Crippen LogP contribution is -2.52. The normalized spacial score (nSPS) is 13.9. The van der Waals surface area contributed by atoms with Gasteiger partial charge in [-0.05, 0) is 11.1 Å². The zero-order valence-corrected chi connectivity index (χ0v) is 18.1. The molecule has 0 bridgehead atoms. The van der Waals surface area contributed by atoms with Crippen molar-refractivity contribution in [3.05, 3.63) is 71.8 Å². The van der Waals surface area contributed by atoms with E-state index < -0.39 is 36.6 Å². The minimum Gasteiger partial charge on any atom is -0.480 e. The van der Waals surface area contributed by atoms with Crippen LogP contribution in [0.5, 0.6) is 0 Å². The molecule has 1 saturated heterocycles. The first-order valence-electron chi connectivity index (χ1n) is 10.1. The highest BCUT2D eigenvalue weighted by atomic mass is 16.6. The van der Waals surface area contributed by atoms with Gasteiger partial charge in [0.05, 0.1) is 12.5 Å². The summed E-state index contributed by atoms with van der Waals surface area (Å²) in [6, 6.07) is 19.0. The third-order valence-electron chi connectivity index (χ3n) is 4.26. The Bertz CT molecular complexity index is 1010. The van der Waals surface area contributed by atoms with Crippen molar-refractivity contribution < 1.29 is 38.5 Å². The number of nitrogens with zero attached hydrogens (tertiary/aromatic N) is 2. The fourth-order valence-corrected chi connectivity index (χ4v) is 2.66.